The average Bonchev–Trinajstić information content (AvgIpc) is 3.00. The first-order valence-electron chi connectivity index (χ1n) is 9.72. The van der Waals surface area contributed by atoms with E-state index in [0.29, 0.717) is 11.8 Å². The molecule has 0 saturated carbocycles. The summed E-state index contributed by atoms with van der Waals surface area (Å²) in [4.78, 5) is 0. The molecule has 2 atom stereocenters. The zero-order valence-electron chi connectivity index (χ0n) is 19.3. The van der Waals surface area contributed by atoms with Crippen molar-refractivity contribution in [3.63, 3.8) is 0 Å². The van der Waals surface area contributed by atoms with Gasteiger partial charge in [-0.2, -0.15) is 22.3 Å². The van der Waals surface area contributed by atoms with Crippen LogP contribution in [0.4, 0.5) is 0 Å². The van der Waals surface area contributed by atoms with Gasteiger partial charge in [0.2, 0.25) is 0 Å². The van der Waals surface area contributed by atoms with Gasteiger partial charge in [-0.15, -0.1) is 13.8 Å². The SMILES string of the molecule is CC1=[C-]C(C)C(C)=C1C.CC1=[C-]C(C)C(C)=C1C.C[C](=[Zr+2])c1ccccc1.[Cl-].[Cl-]. The van der Waals surface area contributed by atoms with Crippen LogP contribution in [0.25, 0.3) is 0 Å². The summed E-state index contributed by atoms with van der Waals surface area (Å²) in [5.74, 6) is 1.12. The minimum atomic E-state index is 0. The Balaban J connectivity index is 0. The van der Waals surface area contributed by atoms with E-state index in [2.05, 4.69) is 98.7 Å². The van der Waals surface area contributed by atoms with Crippen LogP contribution in [-0.4, -0.2) is 3.21 Å². The van der Waals surface area contributed by atoms with Crippen LogP contribution in [0.1, 0.15) is 67.9 Å². The molecule has 0 N–H and O–H groups in total. The van der Waals surface area contributed by atoms with Gasteiger partial charge < -0.3 is 24.8 Å². The molecule has 3 rings (SSSR count). The zero-order chi connectivity index (χ0) is 20.7. The van der Waals surface area contributed by atoms with E-state index >= 15 is 0 Å². The molecule has 2 aliphatic rings. The molecule has 1 aromatic rings. The smallest absolute Gasteiger partial charge is 1.00 e. The molecule has 29 heavy (non-hydrogen) atoms. The third kappa shape index (κ3) is 9.46. The Hall–Kier alpha value is -0.487. The van der Waals surface area contributed by atoms with Gasteiger partial charge >= 0.3 is 70.3 Å². The van der Waals surface area contributed by atoms with Crippen molar-refractivity contribution in [3.8, 4) is 0 Å². The summed E-state index contributed by atoms with van der Waals surface area (Å²) < 4.78 is 1.46. The van der Waals surface area contributed by atoms with E-state index < -0.39 is 0 Å². The van der Waals surface area contributed by atoms with Crippen molar-refractivity contribution in [2.45, 2.75) is 62.3 Å². The van der Waals surface area contributed by atoms with E-state index in [-0.39, 0.29) is 24.8 Å². The molecule has 0 aliphatic heterocycles. The fourth-order valence-electron chi connectivity index (χ4n) is 3.01. The van der Waals surface area contributed by atoms with Crippen LogP contribution in [0.5, 0.6) is 0 Å². The first-order chi connectivity index (χ1) is 12.6. The van der Waals surface area contributed by atoms with Gasteiger partial charge in [0.1, 0.15) is 0 Å². The topological polar surface area (TPSA) is 0 Å². The monoisotopic (exact) mass is 506 g/mol. The van der Waals surface area contributed by atoms with Crippen LogP contribution in [0.15, 0.2) is 63.8 Å². The van der Waals surface area contributed by atoms with E-state index in [1.165, 1.54) is 66.4 Å². The molecule has 0 radical (unpaired) electrons. The molecule has 3 heteroatoms. The second-order valence-electron chi connectivity index (χ2n) is 7.59. The normalized spacial score (nSPS) is 19.7. The van der Waals surface area contributed by atoms with E-state index in [1.807, 2.05) is 6.07 Å². The van der Waals surface area contributed by atoms with Gasteiger partial charge in [0, 0.05) is 0 Å². The second kappa shape index (κ2) is 14.5. The van der Waals surface area contributed by atoms with Gasteiger partial charge in [-0.25, -0.2) is 11.1 Å². The van der Waals surface area contributed by atoms with Crippen molar-refractivity contribution >= 4 is 3.21 Å². The summed E-state index contributed by atoms with van der Waals surface area (Å²) in [7, 11) is 0. The molecule has 0 saturated heterocycles. The molecule has 2 aliphatic carbocycles. The van der Waals surface area contributed by atoms with E-state index in [1.54, 1.807) is 0 Å². The fraction of sp³-hybridized carbons (Fsp3) is 0.423. The molecule has 0 heterocycles. The molecule has 0 bridgehead atoms. The number of halogens is 2. The van der Waals surface area contributed by atoms with Crippen LogP contribution in [-0.2, 0) is 24.2 Å². The molecular weight excluding hydrogens is 474 g/mol. The summed E-state index contributed by atoms with van der Waals surface area (Å²) in [6, 6.07) is 10.5. The maximum Gasteiger partial charge on any atom is -1.00 e. The molecule has 1 aromatic carbocycles. The minimum absolute atomic E-state index is 0. The van der Waals surface area contributed by atoms with Gasteiger partial charge in [-0.1, -0.05) is 53.4 Å². The fourth-order valence-corrected chi connectivity index (χ4v) is 3.42. The molecule has 158 valence electrons. The summed E-state index contributed by atoms with van der Waals surface area (Å²) in [6.45, 7) is 19.5. The van der Waals surface area contributed by atoms with Gasteiger partial charge in [-0.05, 0) is 0 Å². The third-order valence-electron chi connectivity index (χ3n) is 5.68. The van der Waals surface area contributed by atoms with Crippen LogP contribution in [0.2, 0.25) is 0 Å². The molecule has 0 spiro atoms. The van der Waals surface area contributed by atoms with Crippen LogP contribution in [0.3, 0.4) is 0 Å². The molecular formula is C26H34Cl2Zr-2. The minimum Gasteiger partial charge on any atom is -1.00 e. The van der Waals surface area contributed by atoms with Crippen LogP contribution >= 0.6 is 0 Å². The number of benzene rings is 1. The van der Waals surface area contributed by atoms with Crippen molar-refractivity contribution in [3.05, 3.63) is 81.5 Å². The summed E-state index contributed by atoms with van der Waals surface area (Å²) >= 11 is 1.51. The number of hydrogen-bond acceptors (Lipinski definition) is 0. The maximum absolute atomic E-state index is 3.36. The van der Waals surface area contributed by atoms with Crippen molar-refractivity contribution in [2.24, 2.45) is 11.8 Å². The van der Waals surface area contributed by atoms with E-state index in [4.69, 9.17) is 0 Å². The summed E-state index contributed by atoms with van der Waals surface area (Å²) in [6.07, 6.45) is 6.72. The third-order valence-corrected chi connectivity index (χ3v) is 6.39. The second-order valence-corrected chi connectivity index (χ2v) is 9.43. The first-order valence-corrected chi connectivity index (χ1v) is 10.9. The Morgan fingerprint density at radius 1 is 0.724 bits per heavy atom. The quantitative estimate of drug-likeness (QED) is 0.501. The molecule has 0 fully saturated rings. The predicted molar refractivity (Wildman–Crippen MR) is 116 cm³/mol. The van der Waals surface area contributed by atoms with Crippen LogP contribution in [0, 0.1) is 24.0 Å². The zero-order valence-corrected chi connectivity index (χ0v) is 23.3. The molecule has 0 aromatic heterocycles. The van der Waals surface area contributed by atoms with Crippen molar-refractivity contribution in [2.75, 3.05) is 0 Å². The Morgan fingerprint density at radius 3 is 1.21 bits per heavy atom. The summed E-state index contributed by atoms with van der Waals surface area (Å²) in [5.41, 5.74) is 9.86. The van der Waals surface area contributed by atoms with Gasteiger partial charge in [0.25, 0.3) is 0 Å². The number of allylic oxidation sites excluding steroid dienone is 8. The Morgan fingerprint density at radius 2 is 1.07 bits per heavy atom. The van der Waals surface area contributed by atoms with Crippen LogP contribution < -0.4 is 24.8 Å². The average molecular weight is 509 g/mol. The predicted octanol–water partition coefficient (Wildman–Crippen LogP) is 1.23. The van der Waals surface area contributed by atoms with Gasteiger partial charge in [0.15, 0.2) is 0 Å². The maximum atomic E-state index is 3.36. The molecule has 0 nitrogen and oxygen atoms in total. The van der Waals surface area contributed by atoms with Gasteiger partial charge in [0.05, 0.1) is 0 Å². The summed E-state index contributed by atoms with van der Waals surface area (Å²) in [5, 5.41) is 0. The van der Waals surface area contributed by atoms with Crippen molar-refractivity contribution in [1.82, 2.24) is 0 Å². The largest absolute Gasteiger partial charge is 1.00 e. The van der Waals surface area contributed by atoms with Crippen molar-refractivity contribution in [1.29, 1.82) is 0 Å². The Bertz CT molecular complexity index is 751. The van der Waals surface area contributed by atoms with E-state index in [0.717, 1.165) is 0 Å². The molecule has 0 amide bonds. The Labute approximate surface area is 206 Å². The molecule has 2 unspecified atom stereocenters. The van der Waals surface area contributed by atoms with Crippen molar-refractivity contribution < 1.29 is 49.0 Å². The van der Waals surface area contributed by atoms with E-state index in [9.17, 15) is 0 Å². The standard InChI is InChI=1S/2C9H13.C8H8.2ClH.Zr/c2*1-6-5-7(2)9(4)8(6)3;1-2-8-6-4-3-5-7-8;;;/h2*6H,1-4H3;3-7H,1H3;2*1H;/q2*-1;;;;+2/p-2. The Kier molecular flexibility index (Phi) is 15.4. The first kappa shape index (κ1) is 30.7. The number of rotatable bonds is 1. The van der Waals surface area contributed by atoms with Gasteiger partial charge in [-0.3, -0.25) is 12.2 Å². The number of hydrogen-bond donors (Lipinski definition) is 0.